The van der Waals surface area contributed by atoms with Gasteiger partial charge in [-0.3, -0.25) is 4.79 Å². The lowest BCUT2D eigenvalue weighted by Gasteiger charge is -2.23. The lowest BCUT2D eigenvalue weighted by molar-refractivity contribution is -0.149. The van der Waals surface area contributed by atoms with Crippen LogP contribution < -0.4 is 10.6 Å². The normalized spacial score (nSPS) is 32.1. The molecule has 0 saturated carbocycles. The zero-order valence-corrected chi connectivity index (χ0v) is 10.1. The van der Waals surface area contributed by atoms with Crippen molar-refractivity contribution in [3.63, 3.8) is 0 Å². The fourth-order valence-corrected chi connectivity index (χ4v) is 2.10. The Hall–Kier alpha value is -1.18. The van der Waals surface area contributed by atoms with Gasteiger partial charge in [0.25, 0.3) is 5.91 Å². The second kappa shape index (κ2) is 6.12. The number of carboxylic acids is 1. The number of nitrogens with one attached hydrogen (secondary N) is 2. The average Bonchev–Trinajstić information content (AvgIpc) is 2.86. The van der Waals surface area contributed by atoms with Gasteiger partial charge in [-0.15, -0.1) is 0 Å². The highest BCUT2D eigenvalue weighted by Gasteiger charge is 2.31. The largest absolute Gasteiger partial charge is 0.479 e. The molecule has 3 atom stereocenters. The van der Waals surface area contributed by atoms with Crippen LogP contribution in [0.2, 0.25) is 0 Å². The first kappa shape index (κ1) is 13.3. The maximum atomic E-state index is 11.7. The van der Waals surface area contributed by atoms with Gasteiger partial charge in [-0.25, -0.2) is 4.79 Å². The molecule has 0 aromatic rings. The lowest BCUT2D eigenvalue weighted by atomic mass is 10.2. The van der Waals surface area contributed by atoms with Crippen LogP contribution in [0.5, 0.6) is 0 Å². The molecular weight excluding hydrogens is 240 g/mol. The second-order valence-electron chi connectivity index (χ2n) is 4.47. The summed E-state index contributed by atoms with van der Waals surface area (Å²) in [6, 6.07) is 0. The molecule has 2 fully saturated rings. The van der Waals surface area contributed by atoms with E-state index in [-0.39, 0.29) is 12.0 Å². The number of amides is 1. The van der Waals surface area contributed by atoms with Crippen molar-refractivity contribution >= 4 is 11.9 Å². The lowest BCUT2D eigenvalue weighted by Crippen LogP contribution is -2.49. The predicted molar refractivity (Wildman–Crippen MR) is 61.2 cm³/mol. The van der Waals surface area contributed by atoms with E-state index in [0.717, 1.165) is 6.54 Å². The number of ether oxygens (including phenoxy) is 2. The van der Waals surface area contributed by atoms with Crippen molar-refractivity contribution in [3.8, 4) is 0 Å². The van der Waals surface area contributed by atoms with Crippen molar-refractivity contribution in [1.29, 1.82) is 0 Å². The van der Waals surface area contributed by atoms with Gasteiger partial charge in [0.05, 0.1) is 12.7 Å². The fourth-order valence-electron chi connectivity index (χ4n) is 2.10. The Balaban J connectivity index is 1.68. The molecule has 1 amide bonds. The minimum absolute atomic E-state index is 0.176. The smallest absolute Gasteiger partial charge is 0.332 e. The van der Waals surface area contributed by atoms with E-state index in [9.17, 15) is 9.59 Å². The zero-order valence-electron chi connectivity index (χ0n) is 10.1. The number of carbonyl (C=O) groups is 2. The summed E-state index contributed by atoms with van der Waals surface area (Å²) in [5.74, 6) is -1.12. The third kappa shape index (κ3) is 3.41. The molecule has 102 valence electrons. The van der Waals surface area contributed by atoms with Gasteiger partial charge in [-0.05, 0) is 12.8 Å². The standard InChI is InChI=1S/C11H18N2O5/c14-10(9-6-12-3-4-17-9)13-5-7-1-2-8(18-7)11(15)16/h7-9,12H,1-6H2,(H,13,14)(H,15,16). The number of aliphatic carboxylic acids is 1. The monoisotopic (exact) mass is 258 g/mol. The van der Waals surface area contributed by atoms with Crippen LogP contribution in [-0.2, 0) is 19.1 Å². The summed E-state index contributed by atoms with van der Waals surface area (Å²) in [5, 5.41) is 14.6. The van der Waals surface area contributed by atoms with E-state index >= 15 is 0 Å². The van der Waals surface area contributed by atoms with E-state index < -0.39 is 18.2 Å². The molecule has 18 heavy (non-hydrogen) atoms. The van der Waals surface area contributed by atoms with Gasteiger partial charge in [0.15, 0.2) is 6.10 Å². The minimum Gasteiger partial charge on any atom is -0.479 e. The van der Waals surface area contributed by atoms with Crippen LogP contribution >= 0.6 is 0 Å². The van der Waals surface area contributed by atoms with Crippen LogP contribution in [0.15, 0.2) is 0 Å². The third-order valence-electron chi connectivity index (χ3n) is 3.11. The van der Waals surface area contributed by atoms with Gasteiger partial charge in [0, 0.05) is 19.6 Å². The van der Waals surface area contributed by atoms with E-state index in [1.54, 1.807) is 0 Å². The molecule has 2 aliphatic heterocycles. The predicted octanol–water partition coefficient (Wildman–Crippen LogP) is -1.28. The summed E-state index contributed by atoms with van der Waals surface area (Å²) in [4.78, 5) is 22.4. The molecule has 0 aromatic carbocycles. The van der Waals surface area contributed by atoms with Crippen molar-refractivity contribution in [3.05, 3.63) is 0 Å². The molecule has 7 nitrogen and oxygen atoms in total. The number of carbonyl (C=O) groups excluding carboxylic acids is 1. The summed E-state index contributed by atoms with van der Waals surface area (Å²) >= 11 is 0. The van der Waals surface area contributed by atoms with Gasteiger partial charge in [-0.2, -0.15) is 0 Å². The highest BCUT2D eigenvalue weighted by atomic mass is 16.5. The Morgan fingerprint density at radius 2 is 2.17 bits per heavy atom. The topological polar surface area (TPSA) is 96.9 Å². The van der Waals surface area contributed by atoms with Gasteiger partial charge >= 0.3 is 5.97 Å². The fraction of sp³-hybridized carbons (Fsp3) is 0.818. The van der Waals surface area contributed by atoms with Crippen LogP contribution in [0.4, 0.5) is 0 Å². The molecule has 0 radical (unpaired) electrons. The van der Waals surface area contributed by atoms with Crippen molar-refractivity contribution in [2.45, 2.75) is 31.2 Å². The van der Waals surface area contributed by atoms with E-state index in [4.69, 9.17) is 14.6 Å². The second-order valence-corrected chi connectivity index (χ2v) is 4.47. The first-order valence-electron chi connectivity index (χ1n) is 6.15. The molecule has 0 bridgehead atoms. The van der Waals surface area contributed by atoms with Crippen LogP contribution in [-0.4, -0.2) is 61.5 Å². The van der Waals surface area contributed by atoms with Crippen molar-refractivity contribution in [1.82, 2.24) is 10.6 Å². The van der Waals surface area contributed by atoms with Gasteiger partial charge in [-0.1, -0.05) is 0 Å². The van der Waals surface area contributed by atoms with Crippen LogP contribution in [0.3, 0.4) is 0 Å². The quantitative estimate of drug-likeness (QED) is 0.581. The van der Waals surface area contributed by atoms with Crippen molar-refractivity contribution in [2.24, 2.45) is 0 Å². The highest BCUT2D eigenvalue weighted by molar-refractivity contribution is 5.81. The molecule has 3 unspecified atom stereocenters. The summed E-state index contributed by atoms with van der Waals surface area (Å²) < 4.78 is 10.6. The molecule has 2 saturated heterocycles. The van der Waals surface area contributed by atoms with E-state index in [1.165, 1.54) is 0 Å². The summed E-state index contributed by atoms with van der Waals surface area (Å²) in [6.07, 6.45) is -0.264. The Morgan fingerprint density at radius 3 is 2.78 bits per heavy atom. The summed E-state index contributed by atoms with van der Waals surface area (Å²) in [7, 11) is 0. The van der Waals surface area contributed by atoms with E-state index in [2.05, 4.69) is 10.6 Å². The number of hydrogen-bond donors (Lipinski definition) is 3. The minimum atomic E-state index is -0.941. The molecule has 0 spiro atoms. The van der Waals surface area contributed by atoms with Crippen LogP contribution in [0, 0.1) is 0 Å². The molecule has 2 aliphatic rings. The van der Waals surface area contributed by atoms with Crippen molar-refractivity contribution in [2.75, 3.05) is 26.2 Å². The molecule has 0 aromatic heterocycles. The molecule has 7 heteroatoms. The van der Waals surface area contributed by atoms with Gasteiger partial charge < -0.3 is 25.2 Å². The molecule has 2 heterocycles. The Bertz CT molecular complexity index is 317. The van der Waals surface area contributed by atoms with Crippen molar-refractivity contribution < 1.29 is 24.2 Å². The molecule has 2 rings (SSSR count). The number of carboxylic acid groups (broad SMARTS) is 1. The van der Waals surface area contributed by atoms with E-state index in [0.29, 0.717) is 32.5 Å². The number of hydrogen-bond acceptors (Lipinski definition) is 5. The third-order valence-corrected chi connectivity index (χ3v) is 3.11. The van der Waals surface area contributed by atoms with E-state index in [1.807, 2.05) is 0 Å². The average molecular weight is 258 g/mol. The number of morpholine rings is 1. The maximum absolute atomic E-state index is 11.7. The highest BCUT2D eigenvalue weighted by Crippen LogP contribution is 2.19. The van der Waals surface area contributed by atoms with Crippen LogP contribution in [0.1, 0.15) is 12.8 Å². The molecule has 3 N–H and O–H groups in total. The Morgan fingerprint density at radius 1 is 1.33 bits per heavy atom. The maximum Gasteiger partial charge on any atom is 0.332 e. The Labute approximate surface area is 105 Å². The number of rotatable bonds is 4. The first-order chi connectivity index (χ1) is 8.66. The summed E-state index contributed by atoms with van der Waals surface area (Å²) in [5.41, 5.74) is 0. The zero-order chi connectivity index (χ0) is 13.0. The molecule has 0 aliphatic carbocycles. The first-order valence-corrected chi connectivity index (χ1v) is 6.15. The summed E-state index contributed by atoms with van der Waals surface area (Å²) in [6.45, 7) is 2.13. The SMILES string of the molecule is O=C(O)C1CCC(CNC(=O)C2CNCCO2)O1. The molecular formula is C11H18N2O5. The Kier molecular flexibility index (Phi) is 4.51. The van der Waals surface area contributed by atoms with Crippen LogP contribution in [0.25, 0.3) is 0 Å². The van der Waals surface area contributed by atoms with Gasteiger partial charge in [0.1, 0.15) is 6.10 Å². The van der Waals surface area contributed by atoms with Gasteiger partial charge in [0.2, 0.25) is 0 Å².